The molecule has 0 spiro atoms. The van der Waals surface area contributed by atoms with Gasteiger partial charge < -0.3 is 15.3 Å². The maximum absolute atomic E-state index is 13.6. The van der Waals surface area contributed by atoms with Gasteiger partial charge in [-0.25, -0.2) is 14.0 Å². The fourth-order valence-corrected chi connectivity index (χ4v) is 1.78. The van der Waals surface area contributed by atoms with Crippen molar-refractivity contribution in [3.05, 3.63) is 29.6 Å². The van der Waals surface area contributed by atoms with Crippen molar-refractivity contribution in [2.75, 3.05) is 11.9 Å². The van der Waals surface area contributed by atoms with Gasteiger partial charge in [-0.3, -0.25) is 0 Å². The molecule has 2 amide bonds. The number of urea groups is 1. The van der Waals surface area contributed by atoms with Crippen LogP contribution >= 0.6 is 0 Å². The van der Waals surface area contributed by atoms with Crippen LogP contribution in [0.4, 0.5) is 14.9 Å². The van der Waals surface area contributed by atoms with Crippen LogP contribution in [0.2, 0.25) is 0 Å². The Kier molecular flexibility index (Phi) is 5.49. The largest absolute Gasteiger partial charge is 0.478 e. The topological polar surface area (TPSA) is 69.6 Å². The van der Waals surface area contributed by atoms with E-state index in [2.05, 4.69) is 5.32 Å². The number of benzene rings is 1. The maximum atomic E-state index is 13.6. The Labute approximate surface area is 117 Å². The van der Waals surface area contributed by atoms with Crippen LogP contribution in [0.5, 0.6) is 0 Å². The highest BCUT2D eigenvalue weighted by molar-refractivity contribution is 5.93. The van der Waals surface area contributed by atoms with Crippen molar-refractivity contribution in [3.63, 3.8) is 0 Å². The minimum Gasteiger partial charge on any atom is -0.478 e. The average molecular weight is 282 g/mol. The summed E-state index contributed by atoms with van der Waals surface area (Å²) in [4.78, 5) is 24.5. The van der Waals surface area contributed by atoms with Gasteiger partial charge in [-0.2, -0.15) is 0 Å². The van der Waals surface area contributed by atoms with Gasteiger partial charge in [0.1, 0.15) is 5.82 Å². The molecule has 0 aliphatic heterocycles. The number of nitrogens with zero attached hydrogens (tertiary/aromatic N) is 1. The number of anilines is 1. The third-order valence-electron chi connectivity index (χ3n) is 2.80. The summed E-state index contributed by atoms with van der Waals surface area (Å²) in [5.74, 6) is -1.83. The van der Waals surface area contributed by atoms with Crippen molar-refractivity contribution in [3.8, 4) is 0 Å². The maximum Gasteiger partial charge on any atom is 0.335 e. The van der Waals surface area contributed by atoms with Crippen molar-refractivity contribution in [1.29, 1.82) is 0 Å². The number of amides is 2. The van der Waals surface area contributed by atoms with Gasteiger partial charge >= 0.3 is 12.0 Å². The number of hydrogen-bond acceptors (Lipinski definition) is 2. The molecular formula is C14H19FN2O3. The summed E-state index contributed by atoms with van der Waals surface area (Å²) in [6.07, 6.45) is 0.781. The summed E-state index contributed by atoms with van der Waals surface area (Å²) in [5, 5.41) is 11.3. The first-order chi connectivity index (χ1) is 9.36. The number of carboxylic acid groups (broad SMARTS) is 1. The van der Waals surface area contributed by atoms with Crippen LogP contribution in [0.15, 0.2) is 18.2 Å². The molecule has 2 N–H and O–H groups in total. The molecule has 110 valence electrons. The van der Waals surface area contributed by atoms with E-state index in [0.29, 0.717) is 6.54 Å². The number of aromatic carboxylic acids is 1. The molecule has 0 saturated heterocycles. The van der Waals surface area contributed by atoms with E-state index in [1.165, 1.54) is 0 Å². The quantitative estimate of drug-likeness (QED) is 0.871. The van der Waals surface area contributed by atoms with Crippen LogP contribution in [0.1, 0.15) is 37.6 Å². The molecule has 0 bridgehead atoms. The first kappa shape index (κ1) is 15.9. The fourth-order valence-electron chi connectivity index (χ4n) is 1.78. The third-order valence-corrected chi connectivity index (χ3v) is 2.80. The smallest absolute Gasteiger partial charge is 0.335 e. The molecule has 1 aromatic carbocycles. The molecule has 0 aliphatic rings. The Bertz CT molecular complexity index is 503. The van der Waals surface area contributed by atoms with Crippen LogP contribution in [-0.2, 0) is 0 Å². The first-order valence-corrected chi connectivity index (χ1v) is 6.47. The van der Waals surface area contributed by atoms with Crippen molar-refractivity contribution in [2.24, 2.45) is 0 Å². The zero-order chi connectivity index (χ0) is 15.3. The molecule has 0 saturated carbocycles. The zero-order valence-corrected chi connectivity index (χ0v) is 11.8. The lowest BCUT2D eigenvalue weighted by molar-refractivity contribution is 0.0697. The molecule has 0 fully saturated rings. The zero-order valence-electron chi connectivity index (χ0n) is 11.8. The monoisotopic (exact) mass is 282 g/mol. The molecule has 0 aromatic heterocycles. The second-order valence-corrected chi connectivity index (χ2v) is 4.72. The van der Waals surface area contributed by atoms with Gasteiger partial charge in [-0.15, -0.1) is 0 Å². The highest BCUT2D eigenvalue weighted by atomic mass is 19.1. The second kappa shape index (κ2) is 6.88. The third kappa shape index (κ3) is 3.94. The number of carbonyl (C=O) groups excluding carboxylic acids is 1. The summed E-state index contributed by atoms with van der Waals surface area (Å²) in [6.45, 7) is 6.20. The van der Waals surface area contributed by atoms with Crippen molar-refractivity contribution >= 4 is 17.7 Å². The van der Waals surface area contributed by atoms with Crippen LogP contribution in [0.3, 0.4) is 0 Å². The lowest BCUT2D eigenvalue weighted by Gasteiger charge is -2.26. The van der Waals surface area contributed by atoms with Crippen LogP contribution < -0.4 is 5.32 Å². The number of carbonyl (C=O) groups is 2. The minimum absolute atomic E-state index is 0.0272. The number of nitrogens with one attached hydrogen (secondary N) is 1. The summed E-state index contributed by atoms with van der Waals surface area (Å²) in [7, 11) is 0. The summed E-state index contributed by atoms with van der Waals surface area (Å²) >= 11 is 0. The molecule has 0 unspecified atom stereocenters. The van der Waals surface area contributed by atoms with E-state index in [1.54, 1.807) is 4.90 Å². The van der Waals surface area contributed by atoms with Gasteiger partial charge in [0.05, 0.1) is 11.3 Å². The lowest BCUT2D eigenvalue weighted by Crippen LogP contribution is -2.40. The van der Waals surface area contributed by atoms with Gasteiger partial charge in [0.25, 0.3) is 0 Å². The van der Waals surface area contributed by atoms with Crippen molar-refractivity contribution in [2.45, 2.75) is 33.2 Å². The van der Waals surface area contributed by atoms with E-state index in [1.807, 2.05) is 20.8 Å². The predicted octanol–water partition coefficient (Wildman–Crippen LogP) is 3.18. The highest BCUT2D eigenvalue weighted by Crippen LogP contribution is 2.17. The van der Waals surface area contributed by atoms with E-state index in [0.717, 1.165) is 24.6 Å². The van der Waals surface area contributed by atoms with E-state index in [-0.39, 0.29) is 17.3 Å². The predicted molar refractivity (Wildman–Crippen MR) is 74.5 cm³/mol. The molecule has 20 heavy (non-hydrogen) atoms. The number of carboxylic acids is 1. The van der Waals surface area contributed by atoms with E-state index in [4.69, 9.17) is 5.11 Å². The van der Waals surface area contributed by atoms with E-state index < -0.39 is 17.8 Å². The van der Waals surface area contributed by atoms with Crippen LogP contribution in [0.25, 0.3) is 0 Å². The molecule has 1 aromatic rings. The van der Waals surface area contributed by atoms with E-state index in [9.17, 15) is 14.0 Å². The molecule has 0 heterocycles. The van der Waals surface area contributed by atoms with Crippen molar-refractivity contribution < 1.29 is 19.1 Å². The van der Waals surface area contributed by atoms with E-state index >= 15 is 0 Å². The van der Waals surface area contributed by atoms with Gasteiger partial charge in [0.2, 0.25) is 0 Å². The standard InChI is InChI=1S/C14H19FN2O3/c1-4-7-17(9(2)3)14(20)16-12-8-10(13(18)19)5-6-11(12)15/h5-6,8-9H,4,7H2,1-3H3,(H,16,20)(H,18,19). The molecule has 0 aliphatic carbocycles. The number of halogens is 1. The van der Waals surface area contributed by atoms with Gasteiger partial charge in [0, 0.05) is 12.6 Å². The van der Waals surface area contributed by atoms with Crippen LogP contribution in [0, 0.1) is 5.82 Å². The molecule has 5 nitrogen and oxygen atoms in total. The second-order valence-electron chi connectivity index (χ2n) is 4.72. The molecule has 0 atom stereocenters. The lowest BCUT2D eigenvalue weighted by atomic mass is 10.2. The Hall–Kier alpha value is -2.11. The van der Waals surface area contributed by atoms with Gasteiger partial charge in [-0.1, -0.05) is 6.92 Å². The summed E-state index contributed by atoms with van der Waals surface area (Å²) in [6, 6.07) is 2.82. The number of hydrogen-bond donors (Lipinski definition) is 2. The Balaban J connectivity index is 2.94. The fraction of sp³-hybridized carbons (Fsp3) is 0.429. The van der Waals surface area contributed by atoms with Gasteiger partial charge in [0.15, 0.2) is 0 Å². The Morgan fingerprint density at radius 2 is 2.05 bits per heavy atom. The van der Waals surface area contributed by atoms with Gasteiger partial charge in [-0.05, 0) is 38.5 Å². The summed E-state index contributed by atoms with van der Waals surface area (Å²) in [5.41, 5.74) is -0.204. The van der Waals surface area contributed by atoms with Crippen molar-refractivity contribution in [1.82, 2.24) is 4.90 Å². The highest BCUT2D eigenvalue weighted by Gasteiger charge is 2.18. The minimum atomic E-state index is -1.17. The Morgan fingerprint density at radius 3 is 2.55 bits per heavy atom. The summed E-state index contributed by atoms with van der Waals surface area (Å²) < 4.78 is 13.6. The SMILES string of the molecule is CCCN(C(=O)Nc1cc(C(=O)O)ccc1F)C(C)C. The van der Waals surface area contributed by atoms with Crippen LogP contribution in [-0.4, -0.2) is 34.6 Å². The molecular weight excluding hydrogens is 263 g/mol. The number of rotatable bonds is 5. The Morgan fingerprint density at radius 1 is 1.40 bits per heavy atom. The molecule has 1 rings (SSSR count). The molecule has 6 heteroatoms. The molecule has 0 radical (unpaired) electrons. The first-order valence-electron chi connectivity index (χ1n) is 6.47. The normalized spacial score (nSPS) is 10.4. The average Bonchev–Trinajstić information content (AvgIpc) is 2.37.